The highest BCUT2D eigenvalue weighted by Gasteiger charge is 2.06. The second-order valence-corrected chi connectivity index (χ2v) is 4.64. The second-order valence-electron chi connectivity index (χ2n) is 4.64. The SMILES string of the molecule is CCCN(CCNC(=O)OCc1ccccc1)CC(=O)[O-]. The van der Waals surface area contributed by atoms with Crippen LogP contribution in [0.2, 0.25) is 0 Å². The average Bonchev–Trinajstić information content (AvgIpc) is 2.46. The fourth-order valence-electron chi connectivity index (χ4n) is 1.86. The Kier molecular flexibility index (Phi) is 7.89. The predicted octanol–water partition coefficient (Wildman–Crippen LogP) is 0.375. The van der Waals surface area contributed by atoms with E-state index in [-0.39, 0.29) is 13.2 Å². The van der Waals surface area contributed by atoms with E-state index in [1.54, 1.807) is 4.90 Å². The standard InChI is InChI=1S/C15H22N2O4/c1-2-9-17(11-14(18)19)10-8-16-15(20)21-12-13-6-4-3-5-7-13/h3-7H,2,8-12H2,1H3,(H,16,20)(H,18,19)/p-1. The molecule has 1 rings (SSSR count). The molecule has 0 bridgehead atoms. The molecule has 0 fully saturated rings. The molecule has 6 heteroatoms. The van der Waals surface area contributed by atoms with E-state index < -0.39 is 12.1 Å². The number of nitrogens with one attached hydrogen (secondary N) is 1. The van der Waals surface area contributed by atoms with Crippen molar-refractivity contribution in [1.82, 2.24) is 10.2 Å². The van der Waals surface area contributed by atoms with Crippen molar-refractivity contribution in [1.29, 1.82) is 0 Å². The molecule has 1 amide bonds. The Labute approximate surface area is 124 Å². The molecule has 6 nitrogen and oxygen atoms in total. The summed E-state index contributed by atoms with van der Waals surface area (Å²) in [5, 5.41) is 13.2. The van der Waals surface area contributed by atoms with Crippen LogP contribution in [0, 0.1) is 0 Å². The average molecular weight is 293 g/mol. The van der Waals surface area contributed by atoms with Gasteiger partial charge in [-0.3, -0.25) is 4.90 Å². The van der Waals surface area contributed by atoms with E-state index >= 15 is 0 Å². The Bertz CT molecular complexity index is 437. The van der Waals surface area contributed by atoms with Gasteiger partial charge in [0.25, 0.3) is 0 Å². The number of hydrogen-bond acceptors (Lipinski definition) is 5. The monoisotopic (exact) mass is 293 g/mol. The summed E-state index contributed by atoms with van der Waals surface area (Å²) in [6.07, 6.45) is 0.329. The minimum absolute atomic E-state index is 0.130. The van der Waals surface area contributed by atoms with Crippen LogP contribution in [0.3, 0.4) is 0 Å². The third-order valence-electron chi connectivity index (χ3n) is 2.80. The van der Waals surface area contributed by atoms with Gasteiger partial charge >= 0.3 is 6.09 Å². The molecule has 1 aromatic rings. The molecule has 0 aliphatic heterocycles. The second kappa shape index (κ2) is 9.77. The van der Waals surface area contributed by atoms with Crippen LogP contribution in [0.4, 0.5) is 4.79 Å². The van der Waals surface area contributed by atoms with Crippen molar-refractivity contribution in [3.05, 3.63) is 35.9 Å². The lowest BCUT2D eigenvalue weighted by atomic mass is 10.2. The number of nitrogens with zero attached hydrogens (tertiary/aromatic N) is 1. The molecule has 0 heterocycles. The smallest absolute Gasteiger partial charge is 0.407 e. The molecule has 0 aromatic heterocycles. The first-order valence-corrected chi connectivity index (χ1v) is 6.98. The van der Waals surface area contributed by atoms with E-state index in [1.165, 1.54) is 0 Å². The van der Waals surface area contributed by atoms with E-state index in [0.717, 1.165) is 12.0 Å². The van der Waals surface area contributed by atoms with Gasteiger partial charge in [0.1, 0.15) is 6.61 Å². The van der Waals surface area contributed by atoms with Crippen LogP contribution in [0.25, 0.3) is 0 Å². The quantitative estimate of drug-likeness (QED) is 0.711. The molecule has 0 radical (unpaired) electrons. The molecule has 1 aromatic carbocycles. The Hall–Kier alpha value is -2.08. The molecule has 1 N–H and O–H groups in total. The van der Waals surface area contributed by atoms with Crippen molar-refractivity contribution in [3.8, 4) is 0 Å². The first kappa shape index (κ1) is 17.0. The molecule has 0 atom stereocenters. The third kappa shape index (κ3) is 7.94. The van der Waals surface area contributed by atoms with Crippen LogP contribution >= 0.6 is 0 Å². The van der Waals surface area contributed by atoms with Gasteiger partial charge in [0.2, 0.25) is 0 Å². The van der Waals surface area contributed by atoms with Crippen LogP contribution in [0.15, 0.2) is 30.3 Å². The lowest BCUT2D eigenvalue weighted by Crippen LogP contribution is -2.42. The van der Waals surface area contributed by atoms with Gasteiger partial charge in [-0.2, -0.15) is 0 Å². The van der Waals surface area contributed by atoms with Gasteiger partial charge in [0.05, 0.1) is 5.97 Å². The highest BCUT2D eigenvalue weighted by atomic mass is 16.5. The van der Waals surface area contributed by atoms with E-state index in [0.29, 0.717) is 19.6 Å². The number of carbonyl (C=O) groups excluding carboxylic acids is 2. The van der Waals surface area contributed by atoms with E-state index in [4.69, 9.17) is 4.74 Å². The Morgan fingerprint density at radius 3 is 2.57 bits per heavy atom. The van der Waals surface area contributed by atoms with Gasteiger partial charge in [-0.15, -0.1) is 0 Å². The molecule has 0 saturated carbocycles. The van der Waals surface area contributed by atoms with Gasteiger partial charge in [0.15, 0.2) is 0 Å². The van der Waals surface area contributed by atoms with Crippen molar-refractivity contribution in [2.45, 2.75) is 20.0 Å². The first-order valence-electron chi connectivity index (χ1n) is 6.98. The molecular formula is C15H21N2O4-. The lowest BCUT2D eigenvalue weighted by Gasteiger charge is -2.21. The lowest BCUT2D eigenvalue weighted by molar-refractivity contribution is -0.306. The molecule has 0 spiro atoms. The summed E-state index contributed by atoms with van der Waals surface area (Å²) in [4.78, 5) is 23.8. The zero-order valence-electron chi connectivity index (χ0n) is 12.2. The van der Waals surface area contributed by atoms with E-state index in [9.17, 15) is 14.7 Å². The number of carboxylic acid groups (broad SMARTS) is 1. The number of carboxylic acids is 1. The zero-order valence-corrected chi connectivity index (χ0v) is 12.2. The van der Waals surface area contributed by atoms with Gasteiger partial charge in [-0.25, -0.2) is 4.79 Å². The van der Waals surface area contributed by atoms with Crippen LogP contribution in [0.1, 0.15) is 18.9 Å². The molecule has 116 valence electrons. The van der Waals surface area contributed by atoms with Crippen molar-refractivity contribution < 1.29 is 19.4 Å². The van der Waals surface area contributed by atoms with Gasteiger partial charge in [-0.05, 0) is 18.5 Å². The number of hydrogen-bond donors (Lipinski definition) is 1. The number of carbonyl (C=O) groups is 2. The maximum absolute atomic E-state index is 11.5. The van der Waals surface area contributed by atoms with Crippen LogP contribution in [-0.2, 0) is 16.1 Å². The number of amides is 1. The van der Waals surface area contributed by atoms with E-state index in [1.807, 2.05) is 37.3 Å². The molecule has 0 aliphatic carbocycles. The largest absolute Gasteiger partial charge is 0.549 e. The van der Waals surface area contributed by atoms with Crippen molar-refractivity contribution >= 4 is 12.1 Å². The zero-order chi connectivity index (χ0) is 15.5. The number of aliphatic carboxylic acids is 1. The summed E-state index contributed by atoms with van der Waals surface area (Å²) >= 11 is 0. The van der Waals surface area contributed by atoms with Crippen LogP contribution in [0.5, 0.6) is 0 Å². The molecule has 0 unspecified atom stereocenters. The topological polar surface area (TPSA) is 81.7 Å². The third-order valence-corrected chi connectivity index (χ3v) is 2.80. The highest BCUT2D eigenvalue weighted by Crippen LogP contribution is 2.00. The summed E-state index contributed by atoms with van der Waals surface area (Å²) < 4.78 is 5.05. The fourth-order valence-corrected chi connectivity index (χ4v) is 1.86. The number of benzene rings is 1. The molecule has 0 saturated heterocycles. The maximum atomic E-state index is 11.5. The van der Waals surface area contributed by atoms with Crippen molar-refractivity contribution in [2.75, 3.05) is 26.2 Å². The normalized spacial score (nSPS) is 10.4. The minimum Gasteiger partial charge on any atom is -0.549 e. The van der Waals surface area contributed by atoms with Crippen molar-refractivity contribution in [3.63, 3.8) is 0 Å². The molecular weight excluding hydrogens is 272 g/mol. The fraction of sp³-hybridized carbons (Fsp3) is 0.467. The summed E-state index contributed by atoms with van der Waals surface area (Å²) in [5.41, 5.74) is 0.914. The summed E-state index contributed by atoms with van der Waals surface area (Å²) in [6.45, 7) is 3.47. The van der Waals surface area contributed by atoms with Crippen LogP contribution in [-0.4, -0.2) is 43.1 Å². The predicted molar refractivity (Wildman–Crippen MR) is 76.4 cm³/mol. The first-order chi connectivity index (χ1) is 10.1. The highest BCUT2D eigenvalue weighted by molar-refractivity contribution is 5.67. The van der Waals surface area contributed by atoms with Gasteiger partial charge in [-0.1, -0.05) is 37.3 Å². The molecule has 21 heavy (non-hydrogen) atoms. The van der Waals surface area contributed by atoms with Gasteiger partial charge in [0, 0.05) is 19.6 Å². The summed E-state index contributed by atoms with van der Waals surface area (Å²) in [7, 11) is 0. The number of alkyl carbamates (subject to hydrolysis) is 1. The van der Waals surface area contributed by atoms with Crippen LogP contribution < -0.4 is 10.4 Å². The maximum Gasteiger partial charge on any atom is 0.407 e. The summed E-state index contributed by atoms with van der Waals surface area (Å²) in [5.74, 6) is -1.12. The number of ether oxygens (including phenoxy) is 1. The molecule has 0 aliphatic rings. The minimum atomic E-state index is -1.12. The van der Waals surface area contributed by atoms with E-state index in [2.05, 4.69) is 5.32 Å². The number of rotatable bonds is 9. The Morgan fingerprint density at radius 2 is 1.95 bits per heavy atom. The van der Waals surface area contributed by atoms with Gasteiger partial charge < -0.3 is 20.0 Å². The van der Waals surface area contributed by atoms with Crippen molar-refractivity contribution in [2.24, 2.45) is 0 Å². The Morgan fingerprint density at radius 1 is 1.24 bits per heavy atom. The Balaban J connectivity index is 2.21. The summed E-state index contributed by atoms with van der Waals surface area (Å²) in [6, 6.07) is 9.38.